The van der Waals surface area contributed by atoms with E-state index >= 15 is 0 Å². The lowest BCUT2D eigenvalue weighted by molar-refractivity contribution is 0.466. The maximum atomic E-state index is 13.1. The summed E-state index contributed by atoms with van der Waals surface area (Å²) in [6, 6.07) is 7.99. The van der Waals surface area contributed by atoms with E-state index in [4.69, 9.17) is 11.6 Å². The summed E-state index contributed by atoms with van der Waals surface area (Å²) in [5.74, 6) is -0.0162. The number of aryl methyl sites for hydroxylation is 2. The molecule has 2 aromatic carbocycles. The highest BCUT2D eigenvalue weighted by molar-refractivity contribution is 6.33. The van der Waals surface area contributed by atoms with Crippen LogP contribution in [-0.2, 0) is 6.54 Å². The number of rotatable bonds is 3. The first-order chi connectivity index (χ1) is 8.97. The SMILES string of the molecule is Cc1cc(CNc2cc(F)ccc2Cl)cc(C)c1O. The van der Waals surface area contributed by atoms with Crippen molar-refractivity contribution in [3.05, 3.63) is 57.9 Å². The summed E-state index contributed by atoms with van der Waals surface area (Å²) in [6.07, 6.45) is 0. The van der Waals surface area contributed by atoms with Crippen molar-refractivity contribution in [1.29, 1.82) is 0 Å². The second-order valence-electron chi connectivity index (χ2n) is 4.56. The zero-order valence-electron chi connectivity index (χ0n) is 10.8. The van der Waals surface area contributed by atoms with Crippen molar-refractivity contribution in [1.82, 2.24) is 0 Å². The van der Waals surface area contributed by atoms with Crippen LogP contribution in [0.1, 0.15) is 16.7 Å². The average molecular weight is 280 g/mol. The molecule has 2 aromatic rings. The number of hydrogen-bond donors (Lipinski definition) is 2. The van der Waals surface area contributed by atoms with Crippen LogP contribution < -0.4 is 5.32 Å². The Kier molecular flexibility index (Phi) is 3.96. The van der Waals surface area contributed by atoms with E-state index in [9.17, 15) is 9.50 Å². The van der Waals surface area contributed by atoms with E-state index in [1.165, 1.54) is 18.2 Å². The Balaban J connectivity index is 2.17. The Labute approximate surface area is 116 Å². The van der Waals surface area contributed by atoms with Gasteiger partial charge in [0.05, 0.1) is 10.7 Å². The fourth-order valence-electron chi connectivity index (χ4n) is 1.98. The molecule has 2 nitrogen and oxygen atoms in total. The summed E-state index contributed by atoms with van der Waals surface area (Å²) in [4.78, 5) is 0. The number of benzene rings is 2. The zero-order valence-corrected chi connectivity index (χ0v) is 11.6. The molecule has 0 bridgehead atoms. The van der Waals surface area contributed by atoms with E-state index in [2.05, 4.69) is 5.32 Å². The van der Waals surface area contributed by atoms with Crippen molar-refractivity contribution in [3.63, 3.8) is 0 Å². The van der Waals surface area contributed by atoms with Crippen LogP contribution in [0.15, 0.2) is 30.3 Å². The molecular formula is C15H15ClFNO. The second kappa shape index (κ2) is 5.49. The molecule has 0 amide bonds. The van der Waals surface area contributed by atoms with E-state index in [0.29, 0.717) is 23.0 Å². The zero-order chi connectivity index (χ0) is 14.0. The molecule has 0 aliphatic rings. The fourth-order valence-corrected chi connectivity index (χ4v) is 2.16. The summed E-state index contributed by atoms with van der Waals surface area (Å²) in [5, 5.41) is 13.3. The summed E-state index contributed by atoms with van der Waals surface area (Å²) in [5.41, 5.74) is 3.21. The van der Waals surface area contributed by atoms with Crippen molar-refractivity contribution in [2.75, 3.05) is 5.32 Å². The summed E-state index contributed by atoms with van der Waals surface area (Å²) in [7, 11) is 0. The monoisotopic (exact) mass is 279 g/mol. The number of hydrogen-bond acceptors (Lipinski definition) is 2. The topological polar surface area (TPSA) is 32.3 Å². The number of nitrogens with one attached hydrogen (secondary N) is 1. The highest BCUT2D eigenvalue weighted by Crippen LogP contribution is 2.25. The lowest BCUT2D eigenvalue weighted by Crippen LogP contribution is -2.01. The number of anilines is 1. The molecule has 0 radical (unpaired) electrons. The van der Waals surface area contributed by atoms with Crippen LogP contribution in [-0.4, -0.2) is 5.11 Å². The fraction of sp³-hybridized carbons (Fsp3) is 0.200. The smallest absolute Gasteiger partial charge is 0.125 e. The van der Waals surface area contributed by atoms with Crippen LogP contribution in [0.25, 0.3) is 0 Å². The molecule has 100 valence electrons. The van der Waals surface area contributed by atoms with Crippen molar-refractivity contribution in [2.24, 2.45) is 0 Å². The maximum absolute atomic E-state index is 13.1. The lowest BCUT2D eigenvalue weighted by atomic mass is 10.1. The van der Waals surface area contributed by atoms with E-state index in [0.717, 1.165) is 16.7 Å². The standard InChI is InChI=1S/C15H15ClFNO/c1-9-5-11(6-10(2)15(9)19)8-18-14-7-12(17)3-4-13(14)16/h3-7,18-19H,8H2,1-2H3. The minimum Gasteiger partial charge on any atom is -0.507 e. The molecule has 0 atom stereocenters. The van der Waals surface area contributed by atoms with Gasteiger partial charge in [-0.2, -0.15) is 0 Å². The molecule has 2 N–H and O–H groups in total. The number of aromatic hydroxyl groups is 1. The van der Waals surface area contributed by atoms with Crippen LogP contribution in [0.3, 0.4) is 0 Å². The predicted octanol–water partition coefficient (Wildman–Crippen LogP) is 4.41. The van der Waals surface area contributed by atoms with Gasteiger partial charge >= 0.3 is 0 Å². The molecule has 19 heavy (non-hydrogen) atoms. The molecular weight excluding hydrogens is 265 g/mol. The maximum Gasteiger partial charge on any atom is 0.125 e. The van der Waals surface area contributed by atoms with E-state index in [1.807, 2.05) is 26.0 Å². The predicted molar refractivity (Wildman–Crippen MR) is 76.3 cm³/mol. The van der Waals surface area contributed by atoms with Gasteiger partial charge in [-0.3, -0.25) is 0 Å². The van der Waals surface area contributed by atoms with Crippen LogP contribution >= 0.6 is 11.6 Å². The summed E-state index contributed by atoms with van der Waals surface area (Å²) >= 11 is 5.98. The third-order valence-corrected chi connectivity index (χ3v) is 3.29. The van der Waals surface area contributed by atoms with Gasteiger partial charge < -0.3 is 10.4 Å². The summed E-state index contributed by atoms with van der Waals surface area (Å²) < 4.78 is 13.1. The van der Waals surface area contributed by atoms with Gasteiger partial charge in [0.1, 0.15) is 11.6 Å². The van der Waals surface area contributed by atoms with Gasteiger partial charge in [-0.25, -0.2) is 4.39 Å². The lowest BCUT2D eigenvalue weighted by Gasteiger charge is -2.11. The Hall–Kier alpha value is -1.74. The summed E-state index contributed by atoms with van der Waals surface area (Å²) in [6.45, 7) is 4.22. The van der Waals surface area contributed by atoms with Gasteiger partial charge in [0.25, 0.3) is 0 Å². The molecule has 0 saturated carbocycles. The highest BCUT2D eigenvalue weighted by atomic mass is 35.5. The Bertz CT molecular complexity index is 590. The van der Waals surface area contributed by atoms with Gasteiger partial charge in [-0.1, -0.05) is 23.7 Å². The van der Waals surface area contributed by atoms with Crippen LogP contribution in [0, 0.1) is 19.7 Å². The normalized spacial score (nSPS) is 10.5. The number of phenolic OH excluding ortho intramolecular Hbond substituents is 1. The van der Waals surface area contributed by atoms with E-state index in [1.54, 1.807) is 0 Å². The first-order valence-corrected chi connectivity index (χ1v) is 6.33. The third kappa shape index (κ3) is 3.18. The van der Waals surface area contributed by atoms with Crippen LogP contribution in [0.4, 0.5) is 10.1 Å². The molecule has 0 aliphatic heterocycles. The van der Waals surface area contributed by atoms with Crippen LogP contribution in [0.2, 0.25) is 5.02 Å². The largest absolute Gasteiger partial charge is 0.507 e. The Morgan fingerprint density at radius 3 is 2.42 bits per heavy atom. The van der Waals surface area contributed by atoms with Crippen molar-refractivity contribution in [2.45, 2.75) is 20.4 Å². The Morgan fingerprint density at radius 1 is 1.16 bits per heavy atom. The van der Waals surface area contributed by atoms with E-state index in [-0.39, 0.29) is 5.82 Å². The first-order valence-electron chi connectivity index (χ1n) is 5.95. The molecule has 0 aliphatic carbocycles. The van der Waals surface area contributed by atoms with Gasteiger partial charge in [-0.15, -0.1) is 0 Å². The average Bonchev–Trinajstić information content (AvgIpc) is 2.37. The molecule has 0 spiro atoms. The van der Waals surface area contributed by atoms with Gasteiger partial charge in [0.15, 0.2) is 0 Å². The van der Waals surface area contributed by atoms with Gasteiger partial charge in [0, 0.05) is 6.54 Å². The quantitative estimate of drug-likeness (QED) is 0.872. The highest BCUT2D eigenvalue weighted by Gasteiger charge is 2.05. The first kappa shape index (κ1) is 13.7. The Morgan fingerprint density at radius 2 is 1.79 bits per heavy atom. The molecule has 4 heteroatoms. The molecule has 0 unspecified atom stereocenters. The van der Waals surface area contributed by atoms with Crippen LogP contribution in [0.5, 0.6) is 5.75 Å². The van der Waals surface area contributed by atoms with Crippen molar-refractivity contribution < 1.29 is 9.50 Å². The third-order valence-electron chi connectivity index (χ3n) is 2.96. The van der Waals surface area contributed by atoms with Gasteiger partial charge in [0.2, 0.25) is 0 Å². The molecule has 0 fully saturated rings. The van der Waals surface area contributed by atoms with Crippen molar-refractivity contribution >= 4 is 17.3 Å². The number of halogens is 2. The molecule has 2 rings (SSSR count). The second-order valence-corrected chi connectivity index (χ2v) is 4.96. The minimum atomic E-state index is -0.329. The molecule has 0 aromatic heterocycles. The van der Waals surface area contributed by atoms with Gasteiger partial charge in [-0.05, 0) is 48.7 Å². The number of phenols is 1. The molecule has 0 heterocycles. The van der Waals surface area contributed by atoms with E-state index < -0.39 is 0 Å². The minimum absolute atomic E-state index is 0.313. The molecule has 0 saturated heterocycles. The van der Waals surface area contributed by atoms with Crippen molar-refractivity contribution in [3.8, 4) is 5.75 Å².